The van der Waals surface area contributed by atoms with Crippen molar-refractivity contribution in [1.29, 1.82) is 0 Å². The Morgan fingerprint density at radius 1 is 1.36 bits per heavy atom. The van der Waals surface area contributed by atoms with Crippen LogP contribution in [0.25, 0.3) is 0 Å². The van der Waals surface area contributed by atoms with Crippen molar-refractivity contribution >= 4 is 5.91 Å². The van der Waals surface area contributed by atoms with Crippen molar-refractivity contribution in [2.24, 2.45) is 5.92 Å². The third-order valence-electron chi connectivity index (χ3n) is 5.36. The van der Waals surface area contributed by atoms with Crippen LogP contribution in [-0.4, -0.2) is 40.8 Å². The van der Waals surface area contributed by atoms with E-state index in [2.05, 4.69) is 5.32 Å². The summed E-state index contributed by atoms with van der Waals surface area (Å²) in [7, 11) is 0. The van der Waals surface area contributed by atoms with E-state index in [0.29, 0.717) is 26.1 Å². The van der Waals surface area contributed by atoms with Gasteiger partial charge in [-0.2, -0.15) is 13.2 Å². The topological polar surface area (TPSA) is 52.6 Å². The van der Waals surface area contributed by atoms with Gasteiger partial charge < -0.3 is 15.3 Å². The highest BCUT2D eigenvalue weighted by Gasteiger charge is 2.60. The number of nitrogens with one attached hydrogen (secondary N) is 1. The van der Waals surface area contributed by atoms with Crippen molar-refractivity contribution in [3.8, 4) is 0 Å². The lowest BCUT2D eigenvalue weighted by atomic mass is 9.70. The molecule has 2 aliphatic rings. The molecule has 3 rings (SSSR count). The smallest absolute Gasteiger partial charge is 0.380 e. The largest absolute Gasteiger partial charge is 0.417 e. The summed E-state index contributed by atoms with van der Waals surface area (Å²) >= 11 is 0. The number of aliphatic hydroxyl groups is 1. The minimum absolute atomic E-state index is 0.000120. The quantitative estimate of drug-likeness (QED) is 0.876. The van der Waals surface area contributed by atoms with Crippen LogP contribution in [0, 0.1) is 5.92 Å². The third kappa shape index (κ3) is 3.67. The van der Waals surface area contributed by atoms with Gasteiger partial charge in [0, 0.05) is 26.1 Å². The van der Waals surface area contributed by atoms with Crippen LogP contribution in [0.3, 0.4) is 0 Å². The van der Waals surface area contributed by atoms with E-state index in [9.17, 15) is 23.1 Å². The van der Waals surface area contributed by atoms with Crippen LogP contribution in [0.2, 0.25) is 0 Å². The summed E-state index contributed by atoms with van der Waals surface area (Å²) < 4.78 is 38.1. The maximum atomic E-state index is 12.7. The van der Waals surface area contributed by atoms with E-state index in [1.807, 2.05) is 24.3 Å². The first-order chi connectivity index (χ1) is 11.7. The minimum Gasteiger partial charge on any atom is -0.380 e. The van der Waals surface area contributed by atoms with Gasteiger partial charge in [0.25, 0.3) is 0 Å². The van der Waals surface area contributed by atoms with Gasteiger partial charge >= 0.3 is 6.18 Å². The molecule has 1 atom stereocenters. The maximum Gasteiger partial charge on any atom is 0.417 e. The molecule has 1 aliphatic heterocycles. The van der Waals surface area contributed by atoms with Gasteiger partial charge in [0.15, 0.2) is 5.60 Å². The molecule has 1 aliphatic carbocycles. The van der Waals surface area contributed by atoms with Gasteiger partial charge in [-0.1, -0.05) is 24.3 Å². The molecule has 0 spiro atoms. The molecular formula is C18H23F3N2O2. The Bertz CT molecular complexity index is 641. The lowest BCUT2D eigenvalue weighted by Gasteiger charge is -2.45. The lowest BCUT2D eigenvalue weighted by Crippen LogP contribution is -2.57. The molecule has 1 saturated carbocycles. The zero-order chi connectivity index (χ0) is 18.2. The van der Waals surface area contributed by atoms with Crippen LogP contribution in [0.15, 0.2) is 24.3 Å². The number of fused-ring (bicyclic) bond motifs is 1. The molecule has 1 aromatic carbocycles. The molecule has 4 nitrogen and oxygen atoms in total. The number of benzene rings is 1. The Kier molecular flexibility index (Phi) is 4.81. The first kappa shape index (κ1) is 18.2. The Labute approximate surface area is 145 Å². The molecule has 1 heterocycles. The van der Waals surface area contributed by atoms with Gasteiger partial charge in [0.1, 0.15) is 0 Å². The van der Waals surface area contributed by atoms with E-state index < -0.39 is 11.8 Å². The van der Waals surface area contributed by atoms with E-state index in [4.69, 9.17) is 0 Å². The van der Waals surface area contributed by atoms with E-state index in [0.717, 1.165) is 11.1 Å². The van der Waals surface area contributed by atoms with Gasteiger partial charge in [-0.15, -0.1) is 0 Å². The second-order valence-electron chi connectivity index (χ2n) is 7.19. The normalized spacial score (nSPS) is 29.6. The van der Waals surface area contributed by atoms with E-state index >= 15 is 0 Å². The predicted molar refractivity (Wildman–Crippen MR) is 86.6 cm³/mol. The molecule has 0 aromatic heterocycles. The molecule has 0 saturated heterocycles. The number of halogens is 3. The number of hydrogen-bond acceptors (Lipinski definition) is 3. The zero-order valence-electron chi connectivity index (χ0n) is 14.1. The van der Waals surface area contributed by atoms with Crippen LogP contribution >= 0.6 is 0 Å². The molecule has 0 bridgehead atoms. The summed E-state index contributed by atoms with van der Waals surface area (Å²) in [5.41, 5.74) is -0.365. The van der Waals surface area contributed by atoms with E-state index in [-0.39, 0.29) is 30.7 Å². The first-order valence-electron chi connectivity index (χ1n) is 8.55. The standard InChI is InChI=1S/C18H23F3N2O2/c1-12(24)23-7-6-16(15-5-3-2-4-14(15)11-23)22-10-13-8-17(25,9-13)18(19,20)21/h2-5,13,16,22,25H,6-11H2,1H3. The number of rotatable bonds is 3. The average Bonchev–Trinajstić information content (AvgIpc) is 2.69. The molecular weight excluding hydrogens is 333 g/mol. The fraction of sp³-hybridized carbons (Fsp3) is 0.611. The van der Waals surface area contributed by atoms with Gasteiger partial charge in [-0.25, -0.2) is 0 Å². The Morgan fingerprint density at radius 2 is 2.04 bits per heavy atom. The summed E-state index contributed by atoms with van der Waals surface area (Å²) in [4.78, 5) is 13.5. The monoisotopic (exact) mass is 356 g/mol. The van der Waals surface area contributed by atoms with Gasteiger partial charge in [0.2, 0.25) is 5.91 Å². The number of amides is 1. The first-order valence-corrected chi connectivity index (χ1v) is 8.55. The fourth-order valence-corrected chi connectivity index (χ4v) is 3.80. The molecule has 2 N–H and O–H groups in total. The molecule has 1 fully saturated rings. The van der Waals surface area contributed by atoms with Crippen LogP contribution in [0.4, 0.5) is 13.2 Å². The summed E-state index contributed by atoms with van der Waals surface area (Å²) in [6.45, 7) is 3.14. The van der Waals surface area contributed by atoms with Crippen molar-refractivity contribution in [2.45, 2.75) is 50.6 Å². The van der Waals surface area contributed by atoms with Crippen LogP contribution in [-0.2, 0) is 11.3 Å². The maximum absolute atomic E-state index is 12.7. The van der Waals surface area contributed by atoms with Gasteiger partial charge in [-0.3, -0.25) is 4.79 Å². The summed E-state index contributed by atoms with van der Waals surface area (Å²) in [5, 5.41) is 12.9. The minimum atomic E-state index is -4.56. The van der Waals surface area contributed by atoms with Crippen molar-refractivity contribution < 1.29 is 23.1 Å². The van der Waals surface area contributed by atoms with E-state index in [1.165, 1.54) is 0 Å². The third-order valence-corrected chi connectivity index (χ3v) is 5.36. The average molecular weight is 356 g/mol. The highest BCUT2D eigenvalue weighted by molar-refractivity contribution is 5.73. The number of alkyl halides is 3. The molecule has 1 unspecified atom stereocenters. The predicted octanol–water partition coefficient (Wildman–Crippen LogP) is 2.77. The molecule has 1 amide bonds. The highest BCUT2D eigenvalue weighted by Crippen LogP contribution is 2.48. The number of carbonyl (C=O) groups is 1. The zero-order valence-corrected chi connectivity index (χ0v) is 14.1. The van der Waals surface area contributed by atoms with Crippen molar-refractivity contribution in [3.63, 3.8) is 0 Å². The SMILES string of the molecule is CC(=O)N1CCC(NCC2CC(O)(C(F)(F)F)C2)c2ccccc2C1. The molecule has 0 radical (unpaired) electrons. The van der Waals surface area contributed by atoms with Crippen molar-refractivity contribution in [3.05, 3.63) is 35.4 Å². The molecule has 7 heteroatoms. The second kappa shape index (κ2) is 6.61. The van der Waals surface area contributed by atoms with E-state index in [1.54, 1.807) is 11.8 Å². The van der Waals surface area contributed by atoms with Crippen LogP contribution < -0.4 is 5.32 Å². The number of nitrogens with zero attached hydrogens (tertiary/aromatic N) is 1. The van der Waals surface area contributed by atoms with Crippen LogP contribution in [0.1, 0.15) is 43.4 Å². The summed E-state index contributed by atoms with van der Waals surface area (Å²) in [6.07, 6.45) is -4.35. The molecule has 1 aromatic rings. The number of carbonyl (C=O) groups excluding carboxylic acids is 1. The Balaban J connectivity index is 1.63. The van der Waals surface area contributed by atoms with Crippen molar-refractivity contribution in [2.75, 3.05) is 13.1 Å². The summed E-state index contributed by atoms with van der Waals surface area (Å²) in [6, 6.07) is 7.85. The van der Waals surface area contributed by atoms with Crippen LogP contribution in [0.5, 0.6) is 0 Å². The summed E-state index contributed by atoms with van der Waals surface area (Å²) in [5.74, 6) is -0.171. The lowest BCUT2D eigenvalue weighted by molar-refractivity contribution is -0.298. The Morgan fingerprint density at radius 3 is 2.68 bits per heavy atom. The molecule has 25 heavy (non-hydrogen) atoms. The Hall–Kier alpha value is -1.60. The molecule has 138 valence electrons. The second-order valence-corrected chi connectivity index (χ2v) is 7.19. The van der Waals surface area contributed by atoms with Gasteiger partial charge in [-0.05, 0) is 42.9 Å². The van der Waals surface area contributed by atoms with Gasteiger partial charge in [0.05, 0.1) is 0 Å². The highest BCUT2D eigenvalue weighted by atomic mass is 19.4. The number of hydrogen-bond donors (Lipinski definition) is 2. The fourth-order valence-electron chi connectivity index (χ4n) is 3.80. The van der Waals surface area contributed by atoms with Crippen molar-refractivity contribution in [1.82, 2.24) is 10.2 Å².